The number of hydrogen-bond acceptors (Lipinski definition) is 4. The van der Waals surface area contributed by atoms with Crippen LogP contribution in [-0.2, 0) is 6.42 Å². The smallest absolute Gasteiger partial charge is 0.284 e. The molecule has 1 fully saturated rings. The Balaban J connectivity index is 1.75. The molecule has 12 heavy (non-hydrogen) atoms. The maximum atomic E-state index is 5.09. The number of nitrogens with zero attached hydrogens (tertiary/aromatic N) is 1. The van der Waals surface area contributed by atoms with E-state index in [4.69, 9.17) is 16.6 Å². The van der Waals surface area contributed by atoms with E-state index < -0.39 is 0 Å². The Morgan fingerprint density at radius 3 is 3.08 bits per heavy atom. The monoisotopic (exact) mass is 185 g/mol. The molecule has 0 saturated heterocycles. The second-order valence-corrected chi connectivity index (χ2v) is 3.36. The quantitative estimate of drug-likeness (QED) is 0.688. The van der Waals surface area contributed by atoms with E-state index in [1.165, 1.54) is 12.8 Å². The molecule has 2 N–H and O–H groups in total. The Bertz CT molecular complexity index is 302. The van der Waals surface area contributed by atoms with E-state index in [0.29, 0.717) is 10.7 Å². The van der Waals surface area contributed by atoms with Gasteiger partial charge in [0.1, 0.15) is 0 Å². The topological polar surface area (TPSA) is 53.9 Å². The molecular formula is C7H11N3OS. The fraction of sp³-hybridized carbons (Fsp3) is 0.714. The number of H-pyrrole nitrogens is 1. The van der Waals surface area contributed by atoms with Crippen LogP contribution in [-0.4, -0.2) is 22.8 Å². The van der Waals surface area contributed by atoms with Gasteiger partial charge in [-0.3, -0.25) is 0 Å². The first kappa shape index (κ1) is 7.94. The summed E-state index contributed by atoms with van der Waals surface area (Å²) in [5, 5.41) is 9.86. The van der Waals surface area contributed by atoms with Crippen LogP contribution in [0.2, 0.25) is 0 Å². The molecule has 1 aromatic heterocycles. The zero-order valence-electron chi connectivity index (χ0n) is 6.67. The number of aromatic nitrogens is 2. The van der Waals surface area contributed by atoms with Gasteiger partial charge in [0.15, 0.2) is 0 Å². The summed E-state index contributed by atoms with van der Waals surface area (Å²) in [5.41, 5.74) is 0. The second-order valence-electron chi connectivity index (χ2n) is 2.99. The molecule has 1 aliphatic carbocycles. The molecule has 0 bridgehead atoms. The van der Waals surface area contributed by atoms with Crippen molar-refractivity contribution in [2.24, 2.45) is 0 Å². The fourth-order valence-corrected chi connectivity index (χ4v) is 1.18. The van der Waals surface area contributed by atoms with Gasteiger partial charge in [-0.2, -0.15) is 0 Å². The van der Waals surface area contributed by atoms with Crippen LogP contribution in [0.1, 0.15) is 18.7 Å². The normalized spacial score (nSPS) is 16.7. The van der Waals surface area contributed by atoms with Crippen molar-refractivity contribution in [3.05, 3.63) is 10.7 Å². The first-order valence-electron chi connectivity index (χ1n) is 4.12. The van der Waals surface area contributed by atoms with E-state index in [2.05, 4.69) is 15.5 Å². The third-order valence-corrected chi connectivity index (χ3v) is 2.01. The lowest BCUT2D eigenvalue weighted by Crippen LogP contribution is -2.19. The third kappa shape index (κ3) is 2.15. The molecule has 0 spiro atoms. The Morgan fingerprint density at radius 1 is 1.67 bits per heavy atom. The molecule has 0 unspecified atom stereocenters. The lowest BCUT2D eigenvalue weighted by Gasteiger charge is -1.97. The van der Waals surface area contributed by atoms with E-state index in [0.717, 1.165) is 19.0 Å². The van der Waals surface area contributed by atoms with Crippen molar-refractivity contribution in [2.75, 3.05) is 6.54 Å². The van der Waals surface area contributed by atoms with E-state index in [-0.39, 0.29) is 0 Å². The van der Waals surface area contributed by atoms with Gasteiger partial charge in [-0.25, -0.2) is 5.10 Å². The van der Waals surface area contributed by atoms with Crippen molar-refractivity contribution < 1.29 is 4.42 Å². The Morgan fingerprint density at radius 2 is 2.50 bits per heavy atom. The van der Waals surface area contributed by atoms with Gasteiger partial charge in [-0.15, -0.1) is 5.10 Å². The number of nitrogens with one attached hydrogen (secondary N) is 2. The molecule has 0 atom stereocenters. The molecule has 66 valence electrons. The highest BCUT2D eigenvalue weighted by Gasteiger charge is 2.19. The van der Waals surface area contributed by atoms with E-state index in [1.54, 1.807) is 0 Å². The molecular weight excluding hydrogens is 174 g/mol. The molecule has 2 rings (SSSR count). The van der Waals surface area contributed by atoms with Gasteiger partial charge >= 0.3 is 0 Å². The minimum absolute atomic E-state index is 0.358. The highest BCUT2D eigenvalue weighted by Crippen LogP contribution is 2.18. The van der Waals surface area contributed by atoms with Crippen molar-refractivity contribution >= 4 is 12.2 Å². The molecule has 1 saturated carbocycles. The summed E-state index contributed by atoms with van der Waals surface area (Å²) in [6.45, 7) is 0.924. The van der Waals surface area contributed by atoms with Crippen LogP contribution < -0.4 is 5.32 Å². The van der Waals surface area contributed by atoms with Crippen LogP contribution >= 0.6 is 12.2 Å². The number of rotatable bonds is 4. The maximum absolute atomic E-state index is 5.09. The SMILES string of the molecule is S=c1[nH]nc(CCNC2CC2)o1. The van der Waals surface area contributed by atoms with Crippen LogP contribution in [0.25, 0.3) is 0 Å². The second kappa shape index (κ2) is 3.37. The molecule has 5 heteroatoms. The van der Waals surface area contributed by atoms with Crippen molar-refractivity contribution in [3.8, 4) is 0 Å². The van der Waals surface area contributed by atoms with Crippen molar-refractivity contribution in [1.29, 1.82) is 0 Å². The van der Waals surface area contributed by atoms with E-state index in [9.17, 15) is 0 Å². The summed E-state index contributed by atoms with van der Waals surface area (Å²) in [5.74, 6) is 0.688. The van der Waals surface area contributed by atoms with Gasteiger partial charge in [-0.05, 0) is 25.1 Å². The molecule has 1 aliphatic rings. The van der Waals surface area contributed by atoms with Crippen LogP contribution in [0.4, 0.5) is 0 Å². The lowest BCUT2D eigenvalue weighted by atomic mass is 10.4. The molecule has 0 aliphatic heterocycles. The molecule has 4 nitrogen and oxygen atoms in total. The van der Waals surface area contributed by atoms with Crippen molar-refractivity contribution in [3.63, 3.8) is 0 Å². The average Bonchev–Trinajstić information content (AvgIpc) is 2.76. The van der Waals surface area contributed by atoms with Crippen molar-refractivity contribution in [1.82, 2.24) is 15.5 Å². The summed E-state index contributed by atoms with van der Waals surface area (Å²) >= 11 is 4.74. The Hall–Kier alpha value is -0.680. The summed E-state index contributed by atoms with van der Waals surface area (Å²) in [6.07, 6.45) is 3.43. The van der Waals surface area contributed by atoms with E-state index >= 15 is 0 Å². The third-order valence-electron chi connectivity index (χ3n) is 1.83. The molecule has 1 aromatic rings. The van der Waals surface area contributed by atoms with Gasteiger partial charge in [-0.1, -0.05) is 0 Å². The Kier molecular flexibility index (Phi) is 2.23. The predicted octanol–water partition coefficient (Wildman–Crippen LogP) is 1.03. The highest BCUT2D eigenvalue weighted by molar-refractivity contribution is 7.71. The first-order valence-corrected chi connectivity index (χ1v) is 4.53. The standard InChI is InChI=1S/C7H11N3OS/c12-7-10-9-6(11-7)3-4-8-5-1-2-5/h5,8H,1-4H2,(H,10,12). The van der Waals surface area contributed by atoms with Gasteiger partial charge in [0.05, 0.1) is 0 Å². The minimum Gasteiger partial charge on any atom is -0.414 e. The zero-order chi connectivity index (χ0) is 8.39. The molecule has 0 radical (unpaired) electrons. The number of hydrogen-bond donors (Lipinski definition) is 2. The Labute approximate surface area is 75.4 Å². The zero-order valence-corrected chi connectivity index (χ0v) is 7.49. The summed E-state index contributed by atoms with van der Waals surface area (Å²) in [4.78, 5) is 0.358. The minimum atomic E-state index is 0.358. The van der Waals surface area contributed by atoms with Crippen LogP contribution in [0.15, 0.2) is 4.42 Å². The first-order chi connectivity index (χ1) is 5.84. The molecule has 0 amide bonds. The lowest BCUT2D eigenvalue weighted by molar-refractivity contribution is 0.472. The highest BCUT2D eigenvalue weighted by atomic mass is 32.1. The predicted molar refractivity (Wildman–Crippen MR) is 46.4 cm³/mol. The summed E-state index contributed by atoms with van der Waals surface area (Å²) < 4.78 is 5.09. The van der Waals surface area contributed by atoms with Crippen molar-refractivity contribution in [2.45, 2.75) is 25.3 Å². The largest absolute Gasteiger partial charge is 0.414 e. The number of aromatic amines is 1. The molecule has 1 heterocycles. The van der Waals surface area contributed by atoms with Gasteiger partial charge in [0, 0.05) is 19.0 Å². The van der Waals surface area contributed by atoms with Crippen LogP contribution in [0, 0.1) is 4.84 Å². The molecule has 0 aromatic carbocycles. The average molecular weight is 185 g/mol. The summed E-state index contributed by atoms with van der Waals surface area (Å²) in [6, 6.07) is 0.743. The van der Waals surface area contributed by atoms with Crippen LogP contribution in [0.3, 0.4) is 0 Å². The van der Waals surface area contributed by atoms with Crippen LogP contribution in [0.5, 0.6) is 0 Å². The maximum Gasteiger partial charge on any atom is 0.284 e. The fourth-order valence-electron chi connectivity index (χ4n) is 1.04. The van der Waals surface area contributed by atoms with Gasteiger partial charge in [0.2, 0.25) is 5.89 Å². The van der Waals surface area contributed by atoms with E-state index in [1.807, 2.05) is 0 Å². The van der Waals surface area contributed by atoms with Gasteiger partial charge < -0.3 is 9.73 Å². The summed E-state index contributed by atoms with van der Waals surface area (Å²) in [7, 11) is 0. The van der Waals surface area contributed by atoms with Gasteiger partial charge in [0.25, 0.3) is 4.84 Å².